The second kappa shape index (κ2) is 15.7. The minimum Gasteiger partial charge on any atom is -0.372 e. The maximum Gasteiger partial charge on any atom is 0.222 e. The average molecular weight is 546 g/mol. The van der Waals surface area contributed by atoms with E-state index in [0.717, 1.165) is 106 Å². The first-order valence-corrected chi connectivity index (χ1v) is 15.2. The standard InChI is InChI=1S/C31H43N7S/c1-4-38(5-2)27-13-12-26(24-29(32-3)31-36-28-10-6-7-11-30(28)39-31)25(23-27)9-8-20-37-21-18-34-16-14-33-15-17-35-19-22-37/h6-7,10-13,23-24,33-35H,4-5,8-9,14-22H2,1-2H3/b29-24-. The van der Waals surface area contributed by atoms with Crippen LogP contribution in [0.25, 0.3) is 26.8 Å². The van der Waals surface area contributed by atoms with Crippen LogP contribution in [0.5, 0.6) is 0 Å². The molecule has 1 aromatic heterocycles. The molecule has 2 heterocycles. The van der Waals surface area contributed by atoms with Gasteiger partial charge in [-0.25, -0.2) is 9.83 Å². The van der Waals surface area contributed by atoms with Crippen molar-refractivity contribution in [3.05, 3.63) is 70.0 Å². The van der Waals surface area contributed by atoms with Gasteiger partial charge in [0.2, 0.25) is 5.70 Å². The fourth-order valence-electron chi connectivity index (χ4n) is 5.04. The summed E-state index contributed by atoms with van der Waals surface area (Å²) in [6.45, 7) is 23.6. The van der Waals surface area contributed by atoms with Crippen molar-refractivity contribution in [1.82, 2.24) is 25.8 Å². The molecule has 1 aliphatic heterocycles. The van der Waals surface area contributed by atoms with E-state index in [1.165, 1.54) is 11.3 Å². The first kappa shape index (κ1) is 29.2. The molecule has 0 atom stereocenters. The monoisotopic (exact) mass is 545 g/mol. The van der Waals surface area contributed by atoms with Gasteiger partial charge in [-0.3, -0.25) is 0 Å². The summed E-state index contributed by atoms with van der Waals surface area (Å²) >= 11 is 1.59. The average Bonchev–Trinajstić information content (AvgIpc) is 3.38. The lowest BCUT2D eigenvalue weighted by atomic mass is 10.00. The summed E-state index contributed by atoms with van der Waals surface area (Å²) in [5.41, 5.74) is 5.25. The van der Waals surface area contributed by atoms with Gasteiger partial charge >= 0.3 is 0 Å². The number of anilines is 1. The van der Waals surface area contributed by atoms with Crippen molar-refractivity contribution in [3.8, 4) is 0 Å². The zero-order valence-corrected chi connectivity index (χ0v) is 24.3. The Balaban J connectivity index is 1.52. The van der Waals surface area contributed by atoms with Gasteiger partial charge in [-0.2, -0.15) is 0 Å². The Morgan fingerprint density at radius 3 is 2.36 bits per heavy atom. The van der Waals surface area contributed by atoms with Crippen molar-refractivity contribution in [2.45, 2.75) is 26.7 Å². The van der Waals surface area contributed by atoms with Crippen LogP contribution >= 0.6 is 11.3 Å². The van der Waals surface area contributed by atoms with E-state index < -0.39 is 0 Å². The van der Waals surface area contributed by atoms with Gasteiger partial charge in [0.15, 0.2) is 0 Å². The number of hydrogen-bond donors (Lipinski definition) is 3. The van der Waals surface area contributed by atoms with E-state index in [-0.39, 0.29) is 0 Å². The van der Waals surface area contributed by atoms with Crippen LogP contribution in [-0.2, 0) is 6.42 Å². The zero-order chi connectivity index (χ0) is 27.3. The molecular weight excluding hydrogens is 502 g/mol. The molecule has 0 aliphatic carbocycles. The minimum absolute atomic E-state index is 0.614. The molecule has 7 nitrogen and oxygen atoms in total. The van der Waals surface area contributed by atoms with E-state index in [2.05, 4.69) is 68.7 Å². The highest BCUT2D eigenvalue weighted by Crippen LogP contribution is 2.31. The molecule has 0 bridgehead atoms. The molecule has 39 heavy (non-hydrogen) atoms. The Bertz CT molecular complexity index is 1200. The first-order valence-electron chi connectivity index (χ1n) is 14.4. The molecule has 1 saturated heterocycles. The number of rotatable bonds is 9. The molecular formula is C31H43N7S. The molecule has 3 aromatic rings. The molecule has 4 rings (SSSR count). The molecule has 3 N–H and O–H groups in total. The molecule has 0 unspecified atom stereocenters. The highest BCUT2D eigenvalue weighted by molar-refractivity contribution is 7.19. The maximum atomic E-state index is 7.93. The van der Waals surface area contributed by atoms with Gasteiger partial charge in [0.1, 0.15) is 5.01 Å². The number of aryl methyl sites for hydroxylation is 1. The Morgan fingerprint density at radius 1 is 1.00 bits per heavy atom. The van der Waals surface area contributed by atoms with Crippen LogP contribution in [-0.4, -0.2) is 81.9 Å². The van der Waals surface area contributed by atoms with Crippen LogP contribution in [0.3, 0.4) is 0 Å². The number of hydrogen-bond acceptors (Lipinski definition) is 7. The van der Waals surface area contributed by atoms with Crippen LogP contribution in [0.2, 0.25) is 0 Å². The summed E-state index contributed by atoms with van der Waals surface area (Å²) in [5, 5.41) is 11.4. The number of nitrogens with zero attached hydrogens (tertiary/aromatic N) is 4. The molecule has 0 radical (unpaired) electrons. The Morgan fingerprint density at radius 2 is 1.69 bits per heavy atom. The highest BCUT2D eigenvalue weighted by atomic mass is 32.1. The molecule has 8 heteroatoms. The zero-order valence-electron chi connectivity index (χ0n) is 23.5. The van der Waals surface area contributed by atoms with Gasteiger partial charge in [0.05, 0.1) is 16.8 Å². The van der Waals surface area contributed by atoms with Crippen molar-refractivity contribution in [2.75, 3.05) is 76.9 Å². The fourth-order valence-corrected chi connectivity index (χ4v) is 5.96. The number of nitrogens with one attached hydrogen (secondary N) is 3. The SMILES string of the molecule is [C-]#[N+]/C(=C\c1ccc(N(CC)CC)cc1CCCN1CCNCCNCCNCC1)c1nc2ccccc2s1. The molecule has 1 fully saturated rings. The molecule has 208 valence electrons. The molecule has 1 aliphatic rings. The van der Waals surface area contributed by atoms with Gasteiger partial charge in [-0.05, 0) is 74.7 Å². The lowest BCUT2D eigenvalue weighted by Gasteiger charge is -2.25. The predicted molar refractivity (Wildman–Crippen MR) is 167 cm³/mol. The number of fused-ring (bicyclic) bond motifs is 1. The smallest absolute Gasteiger partial charge is 0.222 e. The van der Waals surface area contributed by atoms with E-state index in [9.17, 15) is 0 Å². The lowest BCUT2D eigenvalue weighted by Crippen LogP contribution is -2.42. The minimum atomic E-state index is 0.614. The van der Waals surface area contributed by atoms with Crippen molar-refractivity contribution in [1.29, 1.82) is 0 Å². The van der Waals surface area contributed by atoms with E-state index in [1.54, 1.807) is 11.3 Å². The van der Waals surface area contributed by atoms with E-state index in [4.69, 9.17) is 11.6 Å². The number of aromatic nitrogens is 1. The molecule has 0 saturated carbocycles. The first-order chi connectivity index (χ1) is 19.2. The van der Waals surface area contributed by atoms with E-state index >= 15 is 0 Å². The Kier molecular flexibility index (Phi) is 11.8. The van der Waals surface area contributed by atoms with Gasteiger partial charge in [0.25, 0.3) is 0 Å². The fraction of sp³-hybridized carbons (Fsp3) is 0.484. The van der Waals surface area contributed by atoms with Crippen LogP contribution in [0.4, 0.5) is 5.69 Å². The topological polar surface area (TPSA) is 59.8 Å². The van der Waals surface area contributed by atoms with Crippen molar-refractivity contribution in [2.24, 2.45) is 0 Å². The molecule has 0 amide bonds. The lowest BCUT2D eigenvalue weighted by molar-refractivity contribution is 0.268. The van der Waals surface area contributed by atoms with Gasteiger partial charge in [-0.1, -0.05) is 18.2 Å². The summed E-state index contributed by atoms with van der Waals surface area (Å²) in [4.78, 5) is 13.6. The predicted octanol–water partition coefficient (Wildman–Crippen LogP) is 4.58. The summed E-state index contributed by atoms with van der Waals surface area (Å²) in [5.74, 6) is 0. The Hall–Kier alpha value is -2.80. The van der Waals surface area contributed by atoms with Gasteiger partial charge < -0.3 is 25.8 Å². The summed E-state index contributed by atoms with van der Waals surface area (Å²) in [6.07, 6.45) is 4.11. The quantitative estimate of drug-likeness (QED) is 0.343. The normalized spacial score (nSPS) is 16.4. The number of benzene rings is 2. The van der Waals surface area contributed by atoms with Crippen molar-refractivity contribution in [3.63, 3.8) is 0 Å². The molecule has 2 aromatic carbocycles. The molecule has 0 spiro atoms. The Labute approximate surface area is 238 Å². The third kappa shape index (κ3) is 8.59. The van der Waals surface area contributed by atoms with Gasteiger partial charge in [-0.15, -0.1) is 11.3 Å². The largest absolute Gasteiger partial charge is 0.372 e. The second-order valence-corrected chi connectivity index (χ2v) is 10.9. The third-order valence-electron chi connectivity index (χ3n) is 7.27. The van der Waals surface area contributed by atoms with Crippen LogP contribution < -0.4 is 20.9 Å². The van der Waals surface area contributed by atoms with E-state index in [1.807, 2.05) is 24.3 Å². The third-order valence-corrected chi connectivity index (χ3v) is 8.33. The summed E-state index contributed by atoms with van der Waals surface area (Å²) in [7, 11) is 0. The highest BCUT2D eigenvalue weighted by Gasteiger charge is 2.13. The van der Waals surface area contributed by atoms with Gasteiger partial charge in [0, 0.05) is 71.1 Å². The van der Waals surface area contributed by atoms with Crippen LogP contribution in [0.1, 0.15) is 36.4 Å². The number of para-hydroxylation sites is 1. The number of thiazole rings is 1. The summed E-state index contributed by atoms with van der Waals surface area (Å²) in [6, 6.07) is 14.8. The van der Waals surface area contributed by atoms with Crippen LogP contribution in [0, 0.1) is 6.57 Å². The van der Waals surface area contributed by atoms with E-state index in [0.29, 0.717) is 5.70 Å². The van der Waals surface area contributed by atoms with Crippen molar-refractivity contribution >= 4 is 39.0 Å². The second-order valence-electron chi connectivity index (χ2n) is 9.88. The van der Waals surface area contributed by atoms with Crippen LogP contribution in [0.15, 0.2) is 42.5 Å². The summed E-state index contributed by atoms with van der Waals surface area (Å²) < 4.78 is 1.12. The van der Waals surface area contributed by atoms with Crippen molar-refractivity contribution < 1.29 is 0 Å². The maximum absolute atomic E-state index is 7.93.